The minimum Gasteiger partial charge on any atom is -0.313 e. The van der Waals surface area contributed by atoms with E-state index in [2.05, 4.69) is 17.1 Å². The molecule has 0 unspecified atom stereocenters. The molecule has 0 fully saturated rings. The molecule has 0 aliphatic carbocycles. The molecule has 0 saturated heterocycles. The highest BCUT2D eigenvalue weighted by atomic mass is 15.3. The maximum absolute atomic E-state index is 5.01. The van der Waals surface area contributed by atoms with Crippen molar-refractivity contribution in [3.8, 4) is 0 Å². The molecule has 0 amide bonds. The average Bonchev–Trinajstić information content (AvgIpc) is 1.69. The van der Waals surface area contributed by atoms with Crippen molar-refractivity contribution >= 4 is 6.21 Å². The number of hydrazone groups is 1. The van der Waals surface area contributed by atoms with Crippen LogP contribution in [-0.4, -0.2) is 12.9 Å². The Morgan fingerprint density at radius 2 is 2.57 bits per heavy atom. The molecule has 3 N–H and O–H groups in total. The number of hydrogen-bond acceptors (Lipinski definition) is 3. The first kappa shape index (κ1) is 6.17. The van der Waals surface area contributed by atoms with Crippen LogP contribution in [0, 0.1) is 0 Å². The van der Waals surface area contributed by atoms with Crippen LogP contribution in [0.25, 0.3) is 0 Å². The quantitative estimate of drug-likeness (QED) is 0.289. The minimum atomic E-state index is 0.365. The van der Waals surface area contributed by atoms with Crippen LogP contribution >= 0.6 is 0 Å². The topological polar surface area (TPSA) is 50.4 Å². The number of hydrogen-bond donors (Lipinski definition) is 2. The van der Waals surface area contributed by atoms with Crippen molar-refractivity contribution in [2.45, 2.75) is 0 Å². The first-order valence-corrected chi connectivity index (χ1v) is 1.99. The van der Waals surface area contributed by atoms with E-state index < -0.39 is 0 Å². The molecule has 0 aromatic carbocycles. The second-order valence-corrected chi connectivity index (χ2v) is 0.876. The maximum Gasteiger partial charge on any atom is 0.0798 e. The van der Waals surface area contributed by atoms with Gasteiger partial charge in [0.2, 0.25) is 0 Å². The highest BCUT2D eigenvalue weighted by molar-refractivity contribution is 5.69. The molecule has 3 heteroatoms. The molecule has 0 rings (SSSR count). The van der Waals surface area contributed by atoms with Gasteiger partial charge < -0.3 is 5.73 Å². The van der Waals surface area contributed by atoms with Gasteiger partial charge in [0.15, 0.2) is 0 Å². The van der Waals surface area contributed by atoms with Crippen LogP contribution in [0.4, 0.5) is 0 Å². The Hall–Kier alpha value is -0.830. The van der Waals surface area contributed by atoms with Gasteiger partial charge in [-0.2, -0.15) is 5.10 Å². The number of nitrogens with zero attached hydrogens (tertiary/aromatic N) is 1. The van der Waals surface area contributed by atoms with Gasteiger partial charge in [0.25, 0.3) is 0 Å². The zero-order valence-corrected chi connectivity index (χ0v) is 4.09. The van der Waals surface area contributed by atoms with Crippen LogP contribution in [0.2, 0.25) is 0 Å². The summed E-state index contributed by atoms with van der Waals surface area (Å²) < 4.78 is 0. The van der Waals surface area contributed by atoms with E-state index in [1.54, 1.807) is 6.08 Å². The van der Waals surface area contributed by atoms with E-state index >= 15 is 0 Å². The summed E-state index contributed by atoms with van der Waals surface area (Å²) in [5.41, 5.74) is 7.54. The van der Waals surface area contributed by atoms with Crippen molar-refractivity contribution in [1.82, 2.24) is 5.43 Å². The van der Waals surface area contributed by atoms with Gasteiger partial charge in [-0.1, -0.05) is 6.58 Å². The van der Waals surface area contributed by atoms with Crippen LogP contribution in [0.3, 0.4) is 0 Å². The largest absolute Gasteiger partial charge is 0.313 e. The smallest absolute Gasteiger partial charge is 0.0798 e. The van der Waals surface area contributed by atoms with E-state index in [0.29, 0.717) is 6.67 Å². The monoisotopic (exact) mass is 99.1 g/mol. The number of rotatable bonds is 3. The normalized spacial score (nSPS) is 9.29. The third-order valence-electron chi connectivity index (χ3n) is 0.363. The van der Waals surface area contributed by atoms with Crippen molar-refractivity contribution < 1.29 is 0 Å². The Morgan fingerprint density at radius 1 is 1.86 bits per heavy atom. The van der Waals surface area contributed by atoms with Crippen LogP contribution in [0.5, 0.6) is 0 Å². The highest BCUT2D eigenvalue weighted by Crippen LogP contribution is 1.51. The summed E-state index contributed by atoms with van der Waals surface area (Å²) >= 11 is 0. The van der Waals surface area contributed by atoms with E-state index in [4.69, 9.17) is 5.73 Å². The standard InChI is InChI=1S/C4H9N3/c1-2-3-6-7-4-5/h2-3,7H,1,4-5H2/b6-3-. The molecule has 40 valence electrons. The zero-order valence-electron chi connectivity index (χ0n) is 4.09. The molecule has 0 aliphatic heterocycles. The predicted octanol–water partition coefficient (Wildman–Crippen LogP) is -0.336. The first-order valence-electron chi connectivity index (χ1n) is 1.99. The van der Waals surface area contributed by atoms with Crippen LogP contribution in [0.15, 0.2) is 17.8 Å². The summed E-state index contributed by atoms with van der Waals surface area (Å²) in [5, 5.41) is 3.59. The number of allylic oxidation sites excluding steroid dienone is 1. The molecule has 0 radical (unpaired) electrons. The Kier molecular flexibility index (Phi) is 4.56. The van der Waals surface area contributed by atoms with Gasteiger partial charge in [-0.15, -0.1) is 0 Å². The maximum atomic E-state index is 5.01. The summed E-state index contributed by atoms with van der Waals surface area (Å²) in [5.74, 6) is 0. The van der Waals surface area contributed by atoms with Gasteiger partial charge in [0, 0.05) is 6.21 Å². The SMILES string of the molecule is C=C/C=N\NCN. The molecule has 0 bridgehead atoms. The van der Waals surface area contributed by atoms with E-state index in [9.17, 15) is 0 Å². The van der Waals surface area contributed by atoms with E-state index in [1.165, 1.54) is 6.21 Å². The van der Waals surface area contributed by atoms with Gasteiger partial charge in [-0.05, 0) is 6.08 Å². The molecular formula is C4H9N3. The van der Waals surface area contributed by atoms with Crippen LogP contribution in [0.1, 0.15) is 0 Å². The summed E-state index contributed by atoms with van der Waals surface area (Å²) in [4.78, 5) is 0. The van der Waals surface area contributed by atoms with E-state index in [0.717, 1.165) is 0 Å². The highest BCUT2D eigenvalue weighted by Gasteiger charge is 1.59. The fourth-order valence-corrected chi connectivity index (χ4v) is 0.158. The van der Waals surface area contributed by atoms with Gasteiger partial charge in [0.05, 0.1) is 6.67 Å². The summed E-state index contributed by atoms with van der Waals surface area (Å²) in [7, 11) is 0. The number of nitrogens with one attached hydrogen (secondary N) is 1. The van der Waals surface area contributed by atoms with Gasteiger partial charge in [-0.25, -0.2) is 0 Å². The fraction of sp³-hybridized carbons (Fsp3) is 0.250. The molecule has 7 heavy (non-hydrogen) atoms. The lowest BCUT2D eigenvalue weighted by Gasteiger charge is -1.86. The second kappa shape index (κ2) is 5.17. The third-order valence-corrected chi connectivity index (χ3v) is 0.363. The molecule has 0 saturated carbocycles. The second-order valence-electron chi connectivity index (χ2n) is 0.876. The fourth-order valence-electron chi connectivity index (χ4n) is 0.158. The summed E-state index contributed by atoms with van der Waals surface area (Å²) in [6.07, 6.45) is 3.11. The van der Waals surface area contributed by atoms with Crippen molar-refractivity contribution in [3.63, 3.8) is 0 Å². The lowest BCUT2D eigenvalue weighted by Crippen LogP contribution is -2.15. The molecule has 3 nitrogen and oxygen atoms in total. The lowest BCUT2D eigenvalue weighted by molar-refractivity contribution is 0.765. The Morgan fingerprint density at radius 3 is 3.00 bits per heavy atom. The van der Waals surface area contributed by atoms with E-state index in [1.807, 2.05) is 0 Å². The molecule has 0 atom stereocenters. The summed E-state index contributed by atoms with van der Waals surface area (Å²) in [6.45, 7) is 3.77. The van der Waals surface area contributed by atoms with Crippen molar-refractivity contribution in [2.24, 2.45) is 10.8 Å². The number of nitrogens with two attached hydrogens (primary N) is 1. The zero-order chi connectivity index (χ0) is 5.54. The molecule has 0 aliphatic rings. The van der Waals surface area contributed by atoms with E-state index in [-0.39, 0.29) is 0 Å². The lowest BCUT2D eigenvalue weighted by atomic mass is 10.7. The average molecular weight is 99.1 g/mol. The molecule has 0 aromatic heterocycles. The van der Waals surface area contributed by atoms with Crippen LogP contribution < -0.4 is 11.2 Å². The van der Waals surface area contributed by atoms with Gasteiger partial charge >= 0.3 is 0 Å². The Labute approximate surface area is 42.9 Å². The van der Waals surface area contributed by atoms with Gasteiger partial charge in [-0.3, -0.25) is 5.43 Å². The molecular weight excluding hydrogens is 90.1 g/mol. The van der Waals surface area contributed by atoms with Crippen molar-refractivity contribution in [1.29, 1.82) is 0 Å². The van der Waals surface area contributed by atoms with Gasteiger partial charge in [0.1, 0.15) is 0 Å². The molecule has 0 aromatic rings. The van der Waals surface area contributed by atoms with Crippen molar-refractivity contribution in [2.75, 3.05) is 6.67 Å². The predicted molar refractivity (Wildman–Crippen MR) is 30.9 cm³/mol. The third kappa shape index (κ3) is 5.17. The van der Waals surface area contributed by atoms with Crippen LogP contribution in [-0.2, 0) is 0 Å². The Balaban J connectivity index is 2.92. The first-order chi connectivity index (χ1) is 3.41. The summed E-state index contributed by atoms with van der Waals surface area (Å²) in [6, 6.07) is 0. The minimum absolute atomic E-state index is 0.365. The van der Waals surface area contributed by atoms with Crippen molar-refractivity contribution in [3.05, 3.63) is 12.7 Å². The molecule has 0 spiro atoms. The Bertz CT molecular complexity index is 67.3. The molecule has 0 heterocycles.